The first-order valence-corrected chi connectivity index (χ1v) is 8.57. The van der Waals surface area contributed by atoms with Gasteiger partial charge in [0.25, 0.3) is 0 Å². The van der Waals surface area contributed by atoms with Crippen LogP contribution >= 0.6 is 0 Å². The molecule has 1 saturated heterocycles. The third kappa shape index (κ3) is 5.63. The Morgan fingerprint density at radius 2 is 1.71 bits per heavy atom. The van der Waals surface area contributed by atoms with Gasteiger partial charge in [-0.3, -0.25) is 4.90 Å². The van der Waals surface area contributed by atoms with Crippen LogP contribution in [0.4, 0.5) is 0 Å². The Kier molecular flexibility index (Phi) is 7.78. The second kappa shape index (κ2) is 9.84. The average Bonchev–Trinajstić information content (AvgIpc) is 2.62. The van der Waals surface area contributed by atoms with Crippen LogP contribution in [-0.4, -0.2) is 81.1 Å². The first-order chi connectivity index (χ1) is 11.7. The topological polar surface area (TPSA) is 54.4 Å². The van der Waals surface area contributed by atoms with E-state index >= 15 is 0 Å². The van der Waals surface area contributed by atoms with E-state index in [4.69, 9.17) is 14.2 Å². The van der Waals surface area contributed by atoms with E-state index < -0.39 is 6.10 Å². The summed E-state index contributed by atoms with van der Waals surface area (Å²) in [6.45, 7) is 8.93. The number of ether oxygens (including phenoxy) is 3. The summed E-state index contributed by atoms with van der Waals surface area (Å²) in [7, 11) is 3.23. The van der Waals surface area contributed by atoms with E-state index in [9.17, 15) is 5.11 Å². The summed E-state index contributed by atoms with van der Waals surface area (Å²) in [5, 5.41) is 10.2. The fourth-order valence-electron chi connectivity index (χ4n) is 2.92. The number of nitrogens with zero attached hydrogens (tertiary/aromatic N) is 2. The predicted octanol–water partition coefficient (Wildman–Crippen LogP) is 1.22. The normalized spacial score (nSPS) is 17.7. The summed E-state index contributed by atoms with van der Waals surface area (Å²) in [6.07, 6.45) is -0.460. The molecular weight excluding hydrogens is 308 g/mol. The molecule has 0 saturated carbocycles. The molecule has 1 aliphatic rings. The van der Waals surface area contributed by atoms with E-state index in [1.807, 2.05) is 18.2 Å². The highest BCUT2D eigenvalue weighted by molar-refractivity contribution is 5.42. The molecule has 1 heterocycles. The molecule has 0 radical (unpaired) electrons. The van der Waals surface area contributed by atoms with Crippen molar-refractivity contribution in [2.45, 2.75) is 19.6 Å². The van der Waals surface area contributed by atoms with Crippen molar-refractivity contribution >= 4 is 0 Å². The Labute approximate surface area is 144 Å². The number of piperazine rings is 1. The number of methoxy groups -OCH3 is 2. The number of likely N-dealkylation sites (N-methyl/N-ethyl adjacent to an activating group) is 1. The molecule has 0 bridgehead atoms. The smallest absolute Gasteiger partial charge is 0.161 e. The third-order valence-corrected chi connectivity index (χ3v) is 4.41. The van der Waals surface area contributed by atoms with Crippen LogP contribution in [0.3, 0.4) is 0 Å². The first kappa shape index (κ1) is 19.0. The molecule has 1 N–H and O–H groups in total. The summed E-state index contributed by atoms with van der Waals surface area (Å²) >= 11 is 0. The molecule has 2 rings (SSSR count). The van der Waals surface area contributed by atoms with Crippen LogP contribution in [0.25, 0.3) is 0 Å². The van der Waals surface area contributed by atoms with Gasteiger partial charge in [0.15, 0.2) is 11.5 Å². The van der Waals surface area contributed by atoms with Gasteiger partial charge in [-0.25, -0.2) is 0 Å². The molecule has 1 aromatic rings. The van der Waals surface area contributed by atoms with Gasteiger partial charge >= 0.3 is 0 Å². The summed E-state index contributed by atoms with van der Waals surface area (Å²) in [5.41, 5.74) is 0.997. The molecule has 1 atom stereocenters. The number of aliphatic hydroxyl groups excluding tert-OH is 1. The summed E-state index contributed by atoms with van der Waals surface area (Å²) in [5.74, 6) is 1.39. The standard InChI is InChI=1S/C18H30N2O4/c1-4-19-7-9-20(10-8-19)12-16(21)14-24-13-15-5-6-17(22-2)18(11-15)23-3/h5-6,11,16,21H,4,7-10,12-14H2,1-3H3/t16-/m1/s1. The van der Waals surface area contributed by atoms with E-state index in [2.05, 4.69) is 16.7 Å². The Bertz CT molecular complexity index is 490. The monoisotopic (exact) mass is 338 g/mol. The number of aliphatic hydroxyl groups is 1. The largest absolute Gasteiger partial charge is 0.493 e. The number of rotatable bonds is 9. The lowest BCUT2D eigenvalue weighted by atomic mass is 10.2. The van der Waals surface area contributed by atoms with Gasteiger partial charge in [-0.1, -0.05) is 13.0 Å². The van der Waals surface area contributed by atoms with Gasteiger partial charge in [0, 0.05) is 32.7 Å². The Morgan fingerprint density at radius 1 is 1.04 bits per heavy atom. The Morgan fingerprint density at radius 3 is 2.33 bits per heavy atom. The zero-order valence-electron chi connectivity index (χ0n) is 15.0. The maximum Gasteiger partial charge on any atom is 0.161 e. The van der Waals surface area contributed by atoms with Crippen molar-refractivity contribution < 1.29 is 19.3 Å². The summed E-state index contributed by atoms with van der Waals surface area (Å²) in [6, 6.07) is 5.70. The second-order valence-corrected chi connectivity index (χ2v) is 6.09. The van der Waals surface area contributed by atoms with E-state index in [1.165, 1.54) is 0 Å². The van der Waals surface area contributed by atoms with Crippen molar-refractivity contribution in [3.63, 3.8) is 0 Å². The van der Waals surface area contributed by atoms with Crippen molar-refractivity contribution in [2.24, 2.45) is 0 Å². The van der Waals surface area contributed by atoms with Gasteiger partial charge in [-0.15, -0.1) is 0 Å². The van der Waals surface area contributed by atoms with Crippen LogP contribution in [0.15, 0.2) is 18.2 Å². The van der Waals surface area contributed by atoms with Crippen LogP contribution in [0.1, 0.15) is 12.5 Å². The third-order valence-electron chi connectivity index (χ3n) is 4.41. The van der Waals surface area contributed by atoms with Gasteiger partial charge in [0.2, 0.25) is 0 Å². The van der Waals surface area contributed by atoms with E-state index in [0.717, 1.165) is 38.3 Å². The highest BCUT2D eigenvalue weighted by Crippen LogP contribution is 2.27. The SMILES string of the molecule is CCN1CCN(C[C@@H](O)COCc2ccc(OC)c(OC)c2)CC1. The molecule has 0 amide bonds. The molecule has 1 aromatic carbocycles. The highest BCUT2D eigenvalue weighted by Gasteiger charge is 2.18. The molecule has 0 aromatic heterocycles. The van der Waals surface area contributed by atoms with E-state index in [-0.39, 0.29) is 0 Å². The molecule has 6 heteroatoms. The van der Waals surface area contributed by atoms with Crippen molar-refractivity contribution in [1.29, 1.82) is 0 Å². The molecule has 6 nitrogen and oxygen atoms in total. The number of benzene rings is 1. The predicted molar refractivity (Wildman–Crippen MR) is 93.8 cm³/mol. The average molecular weight is 338 g/mol. The number of hydrogen-bond acceptors (Lipinski definition) is 6. The molecule has 0 spiro atoms. The Balaban J connectivity index is 1.70. The van der Waals surface area contributed by atoms with Crippen LogP contribution in [0.2, 0.25) is 0 Å². The van der Waals surface area contributed by atoms with Crippen molar-refractivity contribution in [3.05, 3.63) is 23.8 Å². The van der Waals surface area contributed by atoms with Crippen LogP contribution < -0.4 is 9.47 Å². The molecule has 24 heavy (non-hydrogen) atoms. The minimum absolute atomic E-state index is 0.336. The first-order valence-electron chi connectivity index (χ1n) is 8.57. The van der Waals surface area contributed by atoms with Crippen LogP contribution in [0, 0.1) is 0 Å². The van der Waals surface area contributed by atoms with Crippen molar-refractivity contribution in [3.8, 4) is 11.5 Å². The molecule has 0 unspecified atom stereocenters. The zero-order chi connectivity index (χ0) is 17.4. The van der Waals surface area contributed by atoms with Gasteiger partial charge in [-0.2, -0.15) is 0 Å². The summed E-state index contributed by atoms with van der Waals surface area (Å²) in [4.78, 5) is 4.73. The number of β-amino-alcohol motifs (C(OH)–C–C–N with tert-alkyl or cyclic N) is 1. The quantitative estimate of drug-likeness (QED) is 0.731. The lowest BCUT2D eigenvalue weighted by Gasteiger charge is -2.34. The molecule has 0 aliphatic carbocycles. The highest BCUT2D eigenvalue weighted by atomic mass is 16.5. The lowest BCUT2D eigenvalue weighted by Crippen LogP contribution is -2.48. The zero-order valence-corrected chi connectivity index (χ0v) is 15.0. The minimum Gasteiger partial charge on any atom is -0.493 e. The van der Waals surface area contributed by atoms with E-state index in [1.54, 1.807) is 14.2 Å². The van der Waals surface area contributed by atoms with Crippen molar-refractivity contribution in [2.75, 3.05) is 60.1 Å². The van der Waals surface area contributed by atoms with Gasteiger partial charge in [0.1, 0.15) is 0 Å². The van der Waals surface area contributed by atoms with Gasteiger partial charge in [-0.05, 0) is 24.2 Å². The lowest BCUT2D eigenvalue weighted by molar-refractivity contribution is 0.00173. The van der Waals surface area contributed by atoms with Crippen LogP contribution in [0.5, 0.6) is 11.5 Å². The summed E-state index contributed by atoms with van der Waals surface area (Å²) < 4.78 is 16.2. The second-order valence-electron chi connectivity index (χ2n) is 6.09. The maximum absolute atomic E-state index is 10.2. The molecular formula is C18H30N2O4. The van der Waals surface area contributed by atoms with E-state index in [0.29, 0.717) is 31.3 Å². The number of hydrogen-bond donors (Lipinski definition) is 1. The minimum atomic E-state index is -0.460. The molecule has 136 valence electrons. The van der Waals surface area contributed by atoms with Crippen LogP contribution in [-0.2, 0) is 11.3 Å². The van der Waals surface area contributed by atoms with Crippen molar-refractivity contribution in [1.82, 2.24) is 9.80 Å². The Hall–Kier alpha value is -1.34. The van der Waals surface area contributed by atoms with Gasteiger partial charge < -0.3 is 24.2 Å². The fourth-order valence-corrected chi connectivity index (χ4v) is 2.92. The fraction of sp³-hybridized carbons (Fsp3) is 0.667. The molecule has 1 fully saturated rings. The van der Waals surface area contributed by atoms with Gasteiger partial charge in [0.05, 0.1) is 33.5 Å². The molecule has 1 aliphatic heterocycles. The maximum atomic E-state index is 10.2.